The summed E-state index contributed by atoms with van der Waals surface area (Å²) in [7, 11) is 1.26. The molecule has 0 spiro atoms. The van der Waals surface area contributed by atoms with E-state index in [0.29, 0.717) is 24.6 Å². The SMILES string of the molecule is COC(=O)c1cc(F)c2nc(CCl)n(C3COCC3(C)C)c2c1. The van der Waals surface area contributed by atoms with Crippen LogP contribution in [-0.2, 0) is 15.4 Å². The number of halogens is 2. The zero-order valence-electron chi connectivity index (χ0n) is 13.2. The van der Waals surface area contributed by atoms with E-state index in [2.05, 4.69) is 18.8 Å². The molecule has 0 radical (unpaired) electrons. The van der Waals surface area contributed by atoms with Gasteiger partial charge in [-0.2, -0.15) is 0 Å². The number of rotatable bonds is 3. The van der Waals surface area contributed by atoms with Gasteiger partial charge in [-0.15, -0.1) is 11.6 Å². The minimum atomic E-state index is -0.590. The number of nitrogens with zero attached hydrogens (tertiary/aromatic N) is 2. The molecule has 0 amide bonds. The average molecular weight is 341 g/mol. The van der Waals surface area contributed by atoms with Gasteiger partial charge in [-0.25, -0.2) is 14.2 Å². The summed E-state index contributed by atoms with van der Waals surface area (Å²) in [4.78, 5) is 16.1. The highest BCUT2D eigenvalue weighted by Gasteiger charge is 2.39. The van der Waals surface area contributed by atoms with E-state index in [-0.39, 0.29) is 28.4 Å². The first-order valence-corrected chi connectivity index (χ1v) is 7.85. The highest BCUT2D eigenvalue weighted by molar-refractivity contribution is 6.16. The maximum atomic E-state index is 14.4. The molecular weight excluding hydrogens is 323 g/mol. The number of alkyl halides is 1. The second-order valence-corrected chi connectivity index (χ2v) is 6.64. The molecule has 2 heterocycles. The summed E-state index contributed by atoms with van der Waals surface area (Å²) < 4.78 is 26.6. The van der Waals surface area contributed by atoms with Crippen molar-refractivity contribution in [3.63, 3.8) is 0 Å². The summed E-state index contributed by atoms with van der Waals surface area (Å²) in [5.41, 5.74) is 0.740. The fourth-order valence-electron chi connectivity index (χ4n) is 3.06. The van der Waals surface area contributed by atoms with Gasteiger partial charge in [0.15, 0.2) is 5.82 Å². The maximum absolute atomic E-state index is 14.4. The number of fused-ring (bicyclic) bond motifs is 1. The number of imidazole rings is 1. The molecule has 124 valence electrons. The average Bonchev–Trinajstić information content (AvgIpc) is 3.05. The molecule has 1 aromatic heterocycles. The lowest BCUT2D eigenvalue weighted by molar-refractivity contribution is 0.0600. The molecule has 1 aliphatic heterocycles. The Bertz CT molecular complexity index is 772. The van der Waals surface area contributed by atoms with Gasteiger partial charge < -0.3 is 14.0 Å². The van der Waals surface area contributed by atoms with E-state index in [4.69, 9.17) is 21.1 Å². The summed E-state index contributed by atoms with van der Waals surface area (Å²) >= 11 is 6.02. The van der Waals surface area contributed by atoms with Crippen LogP contribution < -0.4 is 0 Å². The zero-order valence-corrected chi connectivity index (χ0v) is 14.0. The first-order valence-electron chi connectivity index (χ1n) is 7.31. The molecule has 5 nitrogen and oxygen atoms in total. The first kappa shape index (κ1) is 16.2. The van der Waals surface area contributed by atoms with Crippen molar-refractivity contribution in [2.24, 2.45) is 5.41 Å². The number of aromatic nitrogens is 2. The van der Waals surface area contributed by atoms with Crippen LogP contribution in [0.2, 0.25) is 0 Å². The fourth-order valence-corrected chi connectivity index (χ4v) is 3.25. The molecule has 1 atom stereocenters. The molecule has 1 fully saturated rings. The van der Waals surface area contributed by atoms with Gasteiger partial charge in [0.05, 0.1) is 43.3 Å². The van der Waals surface area contributed by atoms with E-state index in [9.17, 15) is 9.18 Å². The molecule has 1 aliphatic rings. The summed E-state index contributed by atoms with van der Waals surface area (Å²) in [5.74, 6) is -0.447. The molecule has 7 heteroatoms. The van der Waals surface area contributed by atoms with Crippen LogP contribution in [0.4, 0.5) is 4.39 Å². The monoisotopic (exact) mass is 340 g/mol. The van der Waals surface area contributed by atoms with E-state index in [0.717, 1.165) is 6.07 Å². The molecule has 1 saturated heterocycles. The first-order chi connectivity index (χ1) is 10.9. The molecule has 23 heavy (non-hydrogen) atoms. The Kier molecular flexibility index (Phi) is 4.06. The van der Waals surface area contributed by atoms with Crippen LogP contribution in [0.15, 0.2) is 12.1 Å². The predicted octanol–water partition coefficient (Wildman–Crippen LogP) is 3.30. The quantitative estimate of drug-likeness (QED) is 0.635. The van der Waals surface area contributed by atoms with E-state index in [1.165, 1.54) is 7.11 Å². The highest BCUT2D eigenvalue weighted by Crippen LogP contribution is 2.40. The van der Waals surface area contributed by atoms with Gasteiger partial charge >= 0.3 is 5.97 Å². The molecule has 1 aromatic carbocycles. The lowest BCUT2D eigenvalue weighted by atomic mass is 9.87. The van der Waals surface area contributed by atoms with Crippen LogP contribution in [0, 0.1) is 11.2 Å². The van der Waals surface area contributed by atoms with E-state index >= 15 is 0 Å². The Morgan fingerprint density at radius 3 is 2.87 bits per heavy atom. The van der Waals surface area contributed by atoms with Gasteiger partial charge in [-0.05, 0) is 12.1 Å². The summed E-state index contributed by atoms with van der Waals surface area (Å²) in [6.07, 6.45) is 0. The molecule has 0 N–H and O–H groups in total. The summed E-state index contributed by atoms with van der Waals surface area (Å²) in [5, 5.41) is 0. The Balaban J connectivity index is 2.26. The normalized spacial score (nSPS) is 20.1. The zero-order chi connectivity index (χ0) is 16.8. The van der Waals surface area contributed by atoms with Crippen molar-refractivity contribution in [3.8, 4) is 0 Å². The number of esters is 1. The summed E-state index contributed by atoms with van der Waals surface area (Å²) in [6, 6.07) is 2.70. The largest absolute Gasteiger partial charge is 0.465 e. The van der Waals surface area contributed by atoms with Crippen molar-refractivity contribution < 1.29 is 18.7 Å². The van der Waals surface area contributed by atoms with E-state index in [1.807, 2.05) is 4.57 Å². The van der Waals surface area contributed by atoms with Crippen LogP contribution in [0.5, 0.6) is 0 Å². The number of methoxy groups -OCH3 is 1. The van der Waals surface area contributed by atoms with Gasteiger partial charge in [0.25, 0.3) is 0 Å². The van der Waals surface area contributed by atoms with Crippen LogP contribution in [0.3, 0.4) is 0 Å². The van der Waals surface area contributed by atoms with Gasteiger partial charge in [0, 0.05) is 5.41 Å². The van der Waals surface area contributed by atoms with Crippen LogP contribution in [0.1, 0.15) is 36.1 Å². The standard InChI is InChI=1S/C16H18ClFN2O3/c1-16(2)8-23-7-12(16)20-11-5-9(15(21)22-3)4-10(18)14(11)19-13(20)6-17/h4-5,12H,6-8H2,1-3H3. The Labute approximate surface area is 138 Å². The van der Waals surface area contributed by atoms with Crippen LogP contribution in [-0.4, -0.2) is 35.8 Å². The van der Waals surface area contributed by atoms with Gasteiger partial charge in [-0.1, -0.05) is 13.8 Å². The second-order valence-electron chi connectivity index (χ2n) is 6.37. The lowest BCUT2D eigenvalue weighted by Crippen LogP contribution is -2.26. The molecule has 0 aliphatic carbocycles. The van der Waals surface area contributed by atoms with Crippen molar-refractivity contribution in [2.45, 2.75) is 25.8 Å². The number of ether oxygens (including phenoxy) is 2. The molecule has 3 rings (SSSR count). The van der Waals surface area contributed by atoms with Crippen LogP contribution in [0.25, 0.3) is 11.0 Å². The summed E-state index contributed by atoms with van der Waals surface area (Å²) in [6.45, 7) is 5.24. The second kappa shape index (κ2) is 5.76. The van der Waals surface area contributed by atoms with Crippen molar-refractivity contribution in [3.05, 3.63) is 29.3 Å². The molecule has 0 saturated carbocycles. The van der Waals surface area contributed by atoms with Gasteiger partial charge in [0.1, 0.15) is 11.3 Å². The van der Waals surface area contributed by atoms with Crippen molar-refractivity contribution in [1.82, 2.24) is 9.55 Å². The number of carbonyl (C=O) groups is 1. The smallest absolute Gasteiger partial charge is 0.338 e. The molecule has 2 aromatic rings. The van der Waals surface area contributed by atoms with Crippen molar-refractivity contribution >= 4 is 28.6 Å². The fraction of sp³-hybridized carbons (Fsp3) is 0.500. The van der Waals surface area contributed by atoms with Crippen molar-refractivity contribution in [1.29, 1.82) is 0 Å². The number of benzene rings is 1. The third kappa shape index (κ3) is 2.60. The molecule has 0 bridgehead atoms. The lowest BCUT2D eigenvalue weighted by Gasteiger charge is -2.27. The van der Waals surface area contributed by atoms with Gasteiger partial charge in [0.2, 0.25) is 0 Å². The van der Waals surface area contributed by atoms with E-state index in [1.54, 1.807) is 6.07 Å². The minimum Gasteiger partial charge on any atom is -0.465 e. The molecule has 1 unspecified atom stereocenters. The number of hydrogen-bond donors (Lipinski definition) is 0. The number of carbonyl (C=O) groups excluding carboxylic acids is 1. The minimum absolute atomic E-state index is 0.0338. The third-order valence-electron chi connectivity index (χ3n) is 4.33. The van der Waals surface area contributed by atoms with Crippen LogP contribution >= 0.6 is 11.6 Å². The topological polar surface area (TPSA) is 53.3 Å². The van der Waals surface area contributed by atoms with E-state index < -0.39 is 11.8 Å². The third-order valence-corrected chi connectivity index (χ3v) is 4.56. The predicted molar refractivity (Wildman–Crippen MR) is 84.2 cm³/mol. The molecular formula is C16H18ClFN2O3. The Hall–Kier alpha value is -1.66. The van der Waals surface area contributed by atoms with Crippen molar-refractivity contribution in [2.75, 3.05) is 20.3 Å². The Morgan fingerprint density at radius 1 is 1.57 bits per heavy atom. The number of hydrogen-bond acceptors (Lipinski definition) is 4. The Morgan fingerprint density at radius 2 is 2.30 bits per heavy atom. The highest BCUT2D eigenvalue weighted by atomic mass is 35.5. The maximum Gasteiger partial charge on any atom is 0.338 e. The van der Waals surface area contributed by atoms with Gasteiger partial charge in [-0.3, -0.25) is 0 Å².